The Morgan fingerprint density at radius 1 is 1.20 bits per heavy atom. The maximum absolute atomic E-state index is 13.0. The van der Waals surface area contributed by atoms with Crippen LogP contribution in [0.4, 0.5) is 0 Å². The van der Waals surface area contributed by atoms with Crippen LogP contribution in [0.5, 0.6) is 0 Å². The van der Waals surface area contributed by atoms with E-state index in [-0.39, 0.29) is 47.9 Å². The van der Waals surface area contributed by atoms with Gasteiger partial charge < -0.3 is 10.2 Å². The van der Waals surface area contributed by atoms with Crippen molar-refractivity contribution in [2.24, 2.45) is 0 Å². The number of nitrogens with zero attached hydrogens (tertiary/aromatic N) is 2. The van der Waals surface area contributed by atoms with Gasteiger partial charge in [0.25, 0.3) is 5.91 Å². The van der Waals surface area contributed by atoms with E-state index in [4.69, 9.17) is 23.2 Å². The van der Waals surface area contributed by atoms with Crippen molar-refractivity contribution in [3.8, 4) is 0 Å². The molecular weight excluding hydrogens is 449 g/mol. The van der Waals surface area contributed by atoms with E-state index in [1.54, 1.807) is 31.3 Å². The van der Waals surface area contributed by atoms with Crippen molar-refractivity contribution in [3.63, 3.8) is 0 Å². The first-order valence-electron chi connectivity index (χ1n) is 9.20. The highest BCUT2D eigenvalue weighted by Gasteiger charge is 2.30. The summed E-state index contributed by atoms with van der Waals surface area (Å²) >= 11 is 12.2. The van der Waals surface area contributed by atoms with Gasteiger partial charge in [0.1, 0.15) is 0 Å². The van der Waals surface area contributed by atoms with Gasteiger partial charge in [0.15, 0.2) is 0 Å². The Morgan fingerprint density at radius 3 is 2.60 bits per heavy atom. The molecule has 0 aliphatic carbocycles. The van der Waals surface area contributed by atoms with Gasteiger partial charge in [0.2, 0.25) is 15.9 Å². The van der Waals surface area contributed by atoms with Gasteiger partial charge >= 0.3 is 0 Å². The van der Waals surface area contributed by atoms with Crippen molar-refractivity contribution in [2.75, 3.05) is 26.7 Å². The molecule has 2 aromatic carbocycles. The molecule has 1 aliphatic heterocycles. The fourth-order valence-electron chi connectivity index (χ4n) is 3.19. The number of amides is 2. The van der Waals surface area contributed by atoms with Crippen LogP contribution in [0.25, 0.3) is 0 Å². The van der Waals surface area contributed by atoms with Crippen molar-refractivity contribution in [1.82, 2.24) is 14.5 Å². The van der Waals surface area contributed by atoms with E-state index in [9.17, 15) is 18.0 Å². The van der Waals surface area contributed by atoms with E-state index >= 15 is 0 Å². The minimum Gasteiger partial charge on any atom is -0.354 e. The molecule has 1 atom stereocenters. The zero-order chi connectivity index (χ0) is 22.1. The number of halogens is 2. The summed E-state index contributed by atoms with van der Waals surface area (Å²) in [5.74, 6) is -0.715. The maximum atomic E-state index is 13.0. The van der Waals surface area contributed by atoms with Gasteiger partial charge in [-0.2, -0.15) is 4.31 Å². The molecule has 30 heavy (non-hydrogen) atoms. The Morgan fingerprint density at radius 2 is 1.93 bits per heavy atom. The molecule has 0 saturated carbocycles. The van der Waals surface area contributed by atoms with Gasteiger partial charge in [-0.05, 0) is 42.8 Å². The molecular formula is C20H21Cl2N3O4S. The molecule has 3 rings (SSSR count). The molecule has 1 unspecified atom stereocenters. The molecule has 1 saturated heterocycles. The van der Waals surface area contributed by atoms with Gasteiger partial charge in [-0.3, -0.25) is 9.59 Å². The van der Waals surface area contributed by atoms with E-state index in [1.165, 1.54) is 23.1 Å². The molecule has 1 N–H and O–H groups in total. The summed E-state index contributed by atoms with van der Waals surface area (Å²) in [4.78, 5) is 26.1. The second-order valence-corrected chi connectivity index (χ2v) is 9.76. The Labute approximate surface area is 185 Å². The summed E-state index contributed by atoms with van der Waals surface area (Å²) in [6.45, 7) is 2.00. The third kappa shape index (κ3) is 4.62. The predicted molar refractivity (Wildman–Crippen MR) is 115 cm³/mol. The number of sulfonamides is 1. The minimum atomic E-state index is -3.89. The molecule has 0 bridgehead atoms. The molecule has 2 amide bonds. The number of piperazine rings is 1. The van der Waals surface area contributed by atoms with Crippen molar-refractivity contribution >= 4 is 45.0 Å². The van der Waals surface area contributed by atoms with Gasteiger partial charge in [-0.15, -0.1) is 0 Å². The summed E-state index contributed by atoms with van der Waals surface area (Å²) in [6.07, 6.45) is 0. The topological polar surface area (TPSA) is 86.8 Å². The molecule has 0 spiro atoms. The van der Waals surface area contributed by atoms with E-state index in [2.05, 4.69) is 5.32 Å². The number of carbonyl (C=O) groups excluding carboxylic acids is 2. The van der Waals surface area contributed by atoms with Crippen LogP contribution < -0.4 is 5.32 Å². The zero-order valence-electron chi connectivity index (χ0n) is 16.4. The first-order chi connectivity index (χ1) is 14.1. The fourth-order valence-corrected chi connectivity index (χ4v) is 5.20. The predicted octanol–water partition coefficient (Wildman–Crippen LogP) is 2.95. The van der Waals surface area contributed by atoms with E-state index < -0.39 is 10.0 Å². The van der Waals surface area contributed by atoms with Crippen molar-refractivity contribution in [1.29, 1.82) is 0 Å². The average molecular weight is 470 g/mol. The quantitative estimate of drug-likeness (QED) is 0.728. The van der Waals surface area contributed by atoms with Crippen LogP contribution in [0, 0.1) is 0 Å². The molecule has 160 valence electrons. The molecule has 0 aromatic heterocycles. The van der Waals surface area contributed by atoms with Crippen LogP contribution in [-0.2, 0) is 14.8 Å². The lowest BCUT2D eigenvalue weighted by Crippen LogP contribution is -2.49. The first kappa shape index (κ1) is 22.6. The molecule has 1 aliphatic rings. The lowest BCUT2D eigenvalue weighted by molar-refractivity contribution is -0.122. The van der Waals surface area contributed by atoms with Crippen molar-refractivity contribution in [2.45, 2.75) is 17.9 Å². The highest BCUT2D eigenvalue weighted by Crippen LogP contribution is 2.30. The van der Waals surface area contributed by atoms with Crippen molar-refractivity contribution in [3.05, 3.63) is 63.6 Å². The SMILES string of the molecule is CC(c1ccc(Cl)cc1Cl)N(C)C(=O)c1cccc(S(=O)(=O)N2CCNC(=O)C2)c1. The highest BCUT2D eigenvalue weighted by atomic mass is 35.5. The second-order valence-electron chi connectivity index (χ2n) is 6.97. The summed E-state index contributed by atoms with van der Waals surface area (Å²) in [6, 6.07) is 10.5. The number of hydrogen-bond donors (Lipinski definition) is 1. The Kier molecular flexibility index (Phi) is 6.71. The molecule has 2 aromatic rings. The molecule has 1 fully saturated rings. The Balaban J connectivity index is 1.85. The summed E-state index contributed by atoms with van der Waals surface area (Å²) in [5.41, 5.74) is 0.942. The first-order valence-corrected chi connectivity index (χ1v) is 11.4. The van der Waals surface area contributed by atoms with Gasteiger partial charge in [0, 0.05) is 35.7 Å². The largest absolute Gasteiger partial charge is 0.354 e. The number of carbonyl (C=O) groups is 2. The fraction of sp³-hybridized carbons (Fsp3) is 0.300. The molecule has 10 heteroatoms. The summed E-state index contributed by atoms with van der Waals surface area (Å²) in [7, 11) is -2.28. The van der Waals surface area contributed by atoms with Crippen LogP contribution in [-0.4, -0.2) is 56.1 Å². The summed E-state index contributed by atoms with van der Waals surface area (Å²) < 4.78 is 26.9. The van der Waals surface area contributed by atoms with E-state index in [1.807, 2.05) is 6.92 Å². The molecule has 1 heterocycles. The van der Waals surface area contributed by atoms with Gasteiger partial charge in [0.05, 0.1) is 17.5 Å². The highest BCUT2D eigenvalue weighted by molar-refractivity contribution is 7.89. The van der Waals surface area contributed by atoms with Gasteiger partial charge in [-0.1, -0.05) is 35.3 Å². The summed E-state index contributed by atoms with van der Waals surface area (Å²) in [5, 5.41) is 3.53. The van der Waals surface area contributed by atoms with Crippen LogP contribution in [0.2, 0.25) is 10.0 Å². The number of rotatable bonds is 5. The van der Waals surface area contributed by atoms with Crippen LogP contribution >= 0.6 is 23.2 Å². The van der Waals surface area contributed by atoms with Crippen LogP contribution in [0.3, 0.4) is 0 Å². The maximum Gasteiger partial charge on any atom is 0.254 e. The number of nitrogens with one attached hydrogen (secondary N) is 1. The molecule has 0 radical (unpaired) electrons. The normalized spacial score (nSPS) is 16.1. The Hall–Kier alpha value is -2.13. The van der Waals surface area contributed by atoms with Crippen LogP contribution in [0.15, 0.2) is 47.4 Å². The standard InChI is InChI=1S/C20H21Cl2N3O4S/c1-13(17-7-6-15(21)11-18(17)22)24(2)20(27)14-4-3-5-16(10-14)30(28,29)25-9-8-23-19(26)12-25/h3-7,10-11,13H,8-9,12H2,1-2H3,(H,23,26). The lowest BCUT2D eigenvalue weighted by atomic mass is 10.1. The lowest BCUT2D eigenvalue weighted by Gasteiger charge is -2.27. The second kappa shape index (κ2) is 8.93. The van der Waals surface area contributed by atoms with Crippen molar-refractivity contribution < 1.29 is 18.0 Å². The van der Waals surface area contributed by atoms with Crippen LogP contribution in [0.1, 0.15) is 28.9 Å². The monoisotopic (exact) mass is 469 g/mol. The zero-order valence-corrected chi connectivity index (χ0v) is 18.8. The Bertz CT molecular complexity index is 1090. The third-order valence-corrected chi connectivity index (χ3v) is 7.44. The molecule has 7 nitrogen and oxygen atoms in total. The number of benzene rings is 2. The van der Waals surface area contributed by atoms with E-state index in [0.29, 0.717) is 10.0 Å². The smallest absolute Gasteiger partial charge is 0.254 e. The van der Waals surface area contributed by atoms with E-state index in [0.717, 1.165) is 9.87 Å². The number of hydrogen-bond acceptors (Lipinski definition) is 4. The minimum absolute atomic E-state index is 0.0337. The van der Waals surface area contributed by atoms with Gasteiger partial charge in [-0.25, -0.2) is 8.42 Å². The average Bonchev–Trinajstić information content (AvgIpc) is 2.72. The third-order valence-electron chi connectivity index (χ3n) is 5.04.